The van der Waals surface area contributed by atoms with E-state index in [-0.39, 0.29) is 5.91 Å². The molecule has 130 valence electrons. The molecule has 1 N–H and O–H groups in total. The van der Waals surface area contributed by atoms with Gasteiger partial charge < -0.3 is 9.47 Å². The minimum Gasteiger partial charge on any atom is -0.490 e. The molecule has 0 bridgehead atoms. The van der Waals surface area contributed by atoms with E-state index in [1.165, 1.54) is 0 Å². The zero-order chi connectivity index (χ0) is 18.1. The Labute approximate surface area is 155 Å². The highest BCUT2D eigenvalue weighted by atomic mass is 79.9. The van der Waals surface area contributed by atoms with E-state index >= 15 is 0 Å². The van der Waals surface area contributed by atoms with E-state index in [0.717, 1.165) is 10.0 Å². The average molecular weight is 403 g/mol. The summed E-state index contributed by atoms with van der Waals surface area (Å²) >= 11 is 3.47. The quantitative estimate of drug-likeness (QED) is 0.409. The number of ether oxygens (including phenoxy) is 2. The largest absolute Gasteiger partial charge is 0.490 e. The Bertz CT molecular complexity index is 761. The van der Waals surface area contributed by atoms with Crippen LogP contribution in [0.3, 0.4) is 0 Å². The first-order valence-corrected chi connectivity index (χ1v) is 8.53. The maximum Gasteiger partial charge on any atom is 0.271 e. The van der Waals surface area contributed by atoms with Gasteiger partial charge >= 0.3 is 0 Å². The number of hydrogen-bond donors (Lipinski definition) is 1. The second-order valence-electron chi connectivity index (χ2n) is 4.93. The summed E-state index contributed by atoms with van der Waals surface area (Å²) in [7, 11) is 0. The molecule has 1 amide bonds. The molecule has 2 rings (SSSR count). The van der Waals surface area contributed by atoms with Crippen molar-refractivity contribution in [1.29, 1.82) is 0 Å². The fourth-order valence-electron chi connectivity index (χ4n) is 2.03. The summed E-state index contributed by atoms with van der Waals surface area (Å²) in [6, 6.07) is 12.5. The SMILES string of the molecule is C=CCOc1c(Br)cc(/C=N\NC(=O)c2ccccc2)cc1OCC. The molecule has 0 fully saturated rings. The molecule has 0 aliphatic heterocycles. The van der Waals surface area contributed by atoms with Crippen molar-refractivity contribution in [3.63, 3.8) is 0 Å². The Morgan fingerprint density at radius 2 is 2.04 bits per heavy atom. The van der Waals surface area contributed by atoms with Crippen LogP contribution < -0.4 is 14.9 Å². The molecule has 0 aliphatic rings. The molecule has 0 radical (unpaired) electrons. The summed E-state index contributed by atoms with van der Waals surface area (Å²) in [5.41, 5.74) is 3.80. The summed E-state index contributed by atoms with van der Waals surface area (Å²) in [6.07, 6.45) is 3.21. The van der Waals surface area contributed by atoms with E-state index in [1.807, 2.05) is 19.1 Å². The lowest BCUT2D eigenvalue weighted by Crippen LogP contribution is -2.17. The molecule has 0 atom stereocenters. The van der Waals surface area contributed by atoms with Crippen LogP contribution in [0.4, 0.5) is 0 Å². The van der Waals surface area contributed by atoms with Gasteiger partial charge in [-0.1, -0.05) is 30.9 Å². The highest BCUT2D eigenvalue weighted by Crippen LogP contribution is 2.36. The Balaban J connectivity index is 2.13. The third-order valence-corrected chi connectivity index (χ3v) is 3.68. The first kappa shape index (κ1) is 18.7. The van der Waals surface area contributed by atoms with Gasteiger partial charge in [0.15, 0.2) is 11.5 Å². The van der Waals surface area contributed by atoms with Gasteiger partial charge in [0.25, 0.3) is 5.91 Å². The lowest BCUT2D eigenvalue weighted by atomic mass is 10.2. The number of nitrogens with one attached hydrogen (secondary N) is 1. The van der Waals surface area contributed by atoms with Crippen LogP contribution in [0.5, 0.6) is 11.5 Å². The number of nitrogens with zero attached hydrogens (tertiary/aromatic N) is 1. The van der Waals surface area contributed by atoms with Crippen LogP contribution in [0.2, 0.25) is 0 Å². The van der Waals surface area contributed by atoms with Crippen molar-refractivity contribution in [1.82, 2.24) is 5.43 Å². The second kappa shape index (κ2) is 9.64. The number of hydrogen-bond acceptors (Lipinski definition) is 4. The highest BCUT2D eigenvalue weighted by Gasteiger charge is 2.11. The smallest absolute Gasteiger partial charge is 0.271 e. The fourth-order valence-corrected chi connectivity index (χ4v) is 2.60. The number of hydrazone groups is 1. The molecule has 0 heterocycles. The Morgan fingerprint density at radius 3 is 2.72 bits per heavy atom. The van der Waals surface area contributed by atoms with Crippen LogP contribution in [0.1, 0.15) is 22.8 Å². The standard InChI is InChI=1S/C19H19BrN2O3/c1-3-10-25-18-16(20)11-14(12-17(18)24-4-2)13-21-22-19(23)15-8-6-5-7-9-15/h3,5-9,11-13H,1,4,10H2,2H3,(H,22,23)/b21-13-. The van der Waals surface area contributed by atoms with Crippen molar-refractivity contribution in [2.24, 2.45) is 5.10 Å². The Morgan fingerprint density at radius 1 is 1.28 bits per heavy atom. The zero-order valence-corrected chi connectivity index (χ0v) is 15.5. The summed E-state index contributed by atoms with van der Waals surface area (Å²) in [4.78, 5) is 12.0. The average Bonchev–Trinajstić information content (AvgIpc) is 2.62. The van der Waals surface area contributed by atoms with Gasteiger partial charge in [-0.2, -0.15) is 5.10 Å². The molecule has 0 unspecified atom stereocenters. The van der Waals surface area contributed by atoms with Crippen molar-refractivity contribution in [3.8, 4) is 11.5 Å². The molecule has 0 saturated carbocycles. The molecule has 0 aliphatic carbocycles. The molecule has 0 aromatic heterocycles. The van der Waals surface area contributed by atoms with Gasteiger partial charge in [0.1, 0.15) is 6.61 Å². The summed E-state index contributed by atoms with van der Waals surface area (Å²) < 4.78 is 12.0. The van der Waals surface area contributed by atoms with Crippen molar-refractivity contribution in [2.45, 2.75) is 6.92 Å². The van der Waals surface area contributed by atoms with E-state index in [4.69, 9.17) is 9.47 Å². The van der Waals surface area contributed by atoms with Crippen LogP contribution in [0.25, 0.3) is 0 Å². The lowest BCUT2D eigenvalue weighted by Gasteiger charge is -2.13. The molecular weight excluding hydrogens is 384 g/mol. The summed E-state index contributed by atoms with van der Waals surface area (Å²) in [6.45, 7) is 6.41. The summed E-state index contributed by atoms with van der Waals surface area (Å²) in [5, 5.41) is 3.99. The van der Waals surface area contributed by atoms with Gasteiger partial charge in [-0.25, -0.2) is 5.43 Å². The van der Waals surface area contributed by atoms with Crippen LogP contribution in [-0.2, 0) is 0 Å². The topological polar surface area (TPSA) is 59.9 Å². The van der Waals surface area contributed by atoms with Gasteiger partial charge in [-0.05, 0) is 52.7 Å². The molecule has 2 aromatic carbocycles. The number of amides is 1. The first-order chi connectivity index (χ1) is 12.2. The van der Waals surface area contributed by atoms with Crippen molar-refractivity contribution in [2.75, 3.05) is 13.2 Å². The van der Waals surface area contributed by atoms with Crippen molar-refractivity contribution >= 4 is 28.1 Å². The van der Waals surface area contributed by atoms with Crippen LogP contribution >= 0.6 is 15.9 Å². The zero-order valence-electron chi connectivity index (χ0n) is 13.9. The van der Waals surface area contributed by atoms with E-state index < -0.39 is 0 Å². The minimum atomic E-state index is -0.271. The van der Waals surface area contributed by atoms with Gasteiger partial charge in [0.2, 0.25) is 0 Å². The van der Waals surface area contributed by atoms with Crippen LogP contribution in [-0.4, -0.2) is 25.3 Å². The van der Waals surface area contributed by atoms with Crippen molar-refractivity contribution in [3.05, 3.63) is 70.7 Å². The van der Waals surface area contributed by atoms with Gasteiger partial charge in [-0.3, -0.25) is 4.79 Å². The summed E-state index contributed by atoms with van der Waals surface area (Å²) in [5.74, 6) is 0.925. The third-order valence-electron chi connectivity index (χ3n) is 3.09. The highest BCUT2D eigenvalue weighted by molar-refractivity contribution is 9.10. The predicted octanol–water partition coefficient (Wildman–Crippen LogP) is 4.18. The minimum absolute atomic E-state index is 0.271. The fraction of sp³-hybridized carbons (Fsp3) is 0.158. The number of rotatable bonds is 8. The maximum absolute atomic E-state index is 12.0. The number of halogens is 1. The molecule has 25 heavy (non-hydrogen) atoms. The van der Waals surface area contributed by atoms with Gasteiger partial charge in [-0.15, -0.1) is 0 Å². The monoisotopic (exact) mass is 402 g/mol. The van der Waals surface area contributed by atoms with Crippen LogP contribution in [0.15, 0.2) is 64.7 Å². The lowest BCUT2D eigenvalue weighted by molar-refractivity contribution is 0.0955. The Hall–Kier alpha value is -2.60. The molecule has 6 heteroatoms. The Kier molecular flexibility index (Phi) is 7.22. The number of benzene rings is 2. The van der Waals surface area contributed by atoms with E-state index in [9.17, 15) is 4.79 Å². The maximum atomic E-state index is 12.0. The van der Waals surface area contributed by atoms with Crippen molar-refractivity contribution < 1.29 is 14.3 Å². The normalized spacial score (nSPS) is 10.5. The molecule has 2 aromatic rings. The molecule has 5 nitrogen and oxygen atoms in total. The number of carbonyl (C=O) groups is 1. The second-order valence-corrected chi connectivity index (χ2v) is 5.78. The van der Waals surface area contributed by atoms with E-state index in [0.29, 0.717) is 30.3 Å². The van der Waals surface area contributed by atoms with Gasteiger partial charge in [0.05, 0.1) is 17.3 Å². The predicted molar refractivity (Wildman–Crippen MR) is 103 cm³/mol. The molecule has 0 spiro atoms. The molecule has 0 saturated heterocycles. The molecular formula is C19H19BrN2O3. The first-order valence-electron chi connectivity index (χ1n) is 7.74. The van der Waals surface area contributed by atoms with E-state index in [1.54, 1.807) is 42.6 Å². The third kappa shape index (κ3) is 5.46. The number of carbonyl (C=O) groups excluding carboxylic acids is 1. The van der Waals surface area contributed by atoms with E-state index in [2.05, 4.69) is 33.0 Å². The van der Waals surface area contributed by atoms with Crippen LogP contribution in [0, 0.1) is 0 Å². The van der Waals surface area contributed by atoms with Gasteiger partial charge in [0, 0.05) is 5.56 Å².